The van der Waals surface area contributed by atoms with E-state index in [2.05, 4.69) is 162 Å². The van der Waals surface area contributed by atoms with Crippen molar-refractivity contribution in [2.24, 2.45) is 0 Å². The molecule has 290 valence electrons. The van der Waals surface area contributed by atoms with Gasteiger partial charge in [-0.05, 0) is 75.8 Å². The van der Waals surface area contributed by atoms with E-state index in [1.165, 1.54) is 5.39 Å². The Morgan fingerprint density at radius 1 is 0.323 bits per heavy atom. The van der Waals surface area contributed by atoms with Crippen molar-refractivity contribution in [1.82, 2.24) is 19.5 Å². The van der Waals surface area contributed by atoms with Gasteiger partial charge in [-0.1, -0.05) is 176 Å². The van der Waals surface area contributed by atoms with Crippen LogP contribution in [-0.2, 0) is 0 Å². The Morgan fingerprint density at radius 3 is 1.52 bits per heavy atom. The Morgan fingerprint density at radius 2 is 0.823 bits per heavy atom. The van der Waals surface area contributed by atoms with Crippen molar-refractivity contribution in [3.63, 3.8) is 0 Å². The fraction of sp³-hybridized carbons (Fsp3) is 0. The third-order valence-corrected chi connectivity index (χ3v) is 11.9. The quantitative estimate of drug-likeness (QED) is 0.161. The molecule has 0 radical (unpaired) electrons. The second-order valence-electron chi connectivity index (χ2n) is 15.5. The minimum absolute atomic E-state index is 0.588. The number of rotatable bonds is 7. The summed E-state index contributed by atoms with van der Waals surface area (Å²) in [5.41, 5.74) is 14.2. The lowest BCUT2D eigenvalue weighted by Gasteiger charge is -2.16. The first kappa shape index (κ1) is 35.5. The summed E-state index contributed by atoms with van der Waals surface area (Å²) in [6.07, 6.45) is 0. The maximum Gasteiger partial charge on any atom is 0.164 e. The van der Waals surface area contributed by atoms with Crippen LogP contribution in [0.4, 0.5) is 0 Å². The van der Waals surface area contributed by atoms with Gasteiger partial charge in [-0.25, -0.2) is 15.0 Å². The molecule has 0 aliphatic carbocycles. The molecule has 0 aliphatic rings. The zero-order valence-corrected chi connectivity index (χ0v) is 33.5. The number of aromatic nitrogens is 4. The highest BCUT2D eigenvalue weighted by atomic mass is 16.3. The fourth-order valence-corrected chi connectivity index (χ4v) is 8.98. The van der Waals surface area contributed by atoms with Crippen LogP contribution in [-0.4, -0.2) is 19.5 Å². The molecule has 12 aromatic rings. The van der Waals surface area contributed by atoms with Gasteiger partial charge in [0, 0.05) is 43.9 Å². The number of para-hydroxylation sites is 2. The molecular weight excluding hydrogens is 757 g/mol. The topological polar surface area (TPSA) is 56.7 Å². The number of fused-ring (bicyclic) bond motifs is 7. The van der Waals surface area contributed by atoms with E-state index in [4.69, 9.17) is 19.4 Å². The molecule has 0 amide bonds. The lowest BCUT2D eigenvalue weighted by molar-refractivity contribution is 0.671. The van der Waals surface area contributed by atoms with Gasteiger partial charge in [-0.15, -0.1) is 0 Å². The van der Waals surface area contributed by atoms with Crippen LogP contribution < -0.4 is 0 Å². The van der Waals surface area contributed by atoms with Crippen molar-refractivity contribution in [1.29, 1.82) is 0 Å². The normalized spacial score (nSPS) is 11.5. The monoisotopic (exact) mass is 792 g/mol. The van der Waals surface area contributed by atoms with Crippen LogP contribution >= 0.6 is 0 Å². The maximum absolute atomic E-state index is 7.01. The van der Waals surface area contributed by atoms with Crippen LogP contribution in [0, 0.1) is 0 Å². The van der Waals surface area contributed by atoms with Gasteiger partial charge in [0.1, 0.15) is 5.58 Å². The highest BCUT2D eigenvalue weighted by Gasteiger charge is 2.22. The second-order valence-corrected chi connectivity index (χ2v) is 15.5. The molecule has 9 aromatic carbocycles. The molecule has 3 heterocycles. The second kappa shape index (κ2) is 14.7. The molecule has 0 saturated heterocycles. The van der Waals surface area contributed by atoms with E-state index < -0.39 is 0 Å². The van der Waals surface area contributed by atoms with E-state index in [9.17, 15) is 0 Å². The summed E-state index contributed by atoms with van der Waals surface area (Å²) in [5.74, 6) is 1.81. The van der Waals surface area contributed by atoms with Crippen molar-refractivity contribution in [2.45, 2.75) is 0 Å². The third-order valence-electron chi connectivity index (χ3n) is 11.9. The molecule has 0 saturated carbocycles. The number of hydrogen-bond donors (Lipinski definition) is 0. The molecule has 0 bridgehead atoms. The Hall–Kier alpha value is -8.41. The van der Waals surface area contributed by atoms with Crippen LogP contribution in [0.5, 0.6) is 0 Å². The first-order valence-electron chi connectivity index (χ1n) is 20.9. The Kier molecular flexibility index (Phi) is 8.42. The van der Waals surface area contributed by atoms with Gasteiger partial charge in [-0.2, -0.15) is 0 Å². The molecule has 3 aromatic heterocycles. The molecule has 0 atom stereocenters. The van der Waals surface area contributed by atoms with Gasteiger partial charge in [0.2, 0.25) is 0 Å². The summed E-state index contributed by atoms with van der Waals surface area (Å²) in [7, 11) is 0. The average Bonchev–Trinajstić information content (AvgIpc) is 3.90. The number of nitrogens with zero attached hydrogens (tertiary/aromatic N) is 4. The van der Waals surface area contributed by atoms with E-state index in [0.717, 1.165) is 94.1 Å². The molecule has 62 heavy (non-hydrogen) atoms. The zero-order chi connectivity index (χ0) is 41.0. The number of benzene rings is 9. The van der Waals surface area contributed by atoms with Crippen molar-refractivity contribution >= 4 is 43.7 Å². The molecule has 0 fully saturated rings. The van der Waals surface area contributed by atoms with Crippen molar-refractivity contribution in [3.8, 4) is 73.2 Å². The summed E-state index contributed by atoms with van der Waals surface area (Å²) in [4.78, 5) is 15.5. The van der Waals surface area contributed by atoms with Gasteiger partial charge in [-0.3, -0.25) is 0 Å². The predicted octanol–water partition coefficient (Wildman–Crippen LogP) is 14.9. The van der Waals surface area contributed by atoms with Crippen LogP contribution in [0.15, 0.2) is 223 Å². The summed E-state index contributed by atoms with van der Waals surface area (Å²) >= 11 is 0. The van der Waals surface area contributed by atoms with E-state index in [0.29, 0.717) is 17.5 Å². The van der Waals surface area contributed by atoms with Crippen molar-refractivity contribution < 1.29 is 4.42 Å². The standard InChI is InChI=1S/C57H36N4O/c1-5-17-37(18-6-1)43-25-13-14-26-44(43)40-29-31-45(50(35-40)57-59-55(38-19-7-2-8-20-38)58-56(60-57)39-21-9-3-10-22-39)41-30-32-47-49-34-33-48-46-27-15-16-28-51(46)61(42-23-11-4-12-24-42)53(48)54(49)62-52(47)36-41/h1-36H. The summed E-state index contributed by atoms with van der Waals surface area (Å²) in [6.45, 7) is 0. The summed E-state index contributed by atoms with van der Waals surface area (Å²) in [5, 5.41) is 4.48. The third kappa shape index (κ3) is 5.98. The highest BCUT2D eigenvalue weighted by molar-refractivity contribution is 6.21. The van der Waals surface area contributed by atoms with Crippen LogP contribution in [0.1, 0.15) is 0 Å². The Labute approximate surface area is 357 Å². The van der Waals surface area contributed by atoms with Crippen LogP contribution in [0.2, 0.25) is 0 Å². The number of furan rings is 1. The van der Waals surface area contributed by atoms with Gasteiger partial charge in [0.05, 0.1) is 11.0 Å². The van der Waals surface area contributed by atoms with Gasteiger partial charge >= 0.3 is 0 Å². The van der Waals surface area contributed by atoms with Crippen LogP contribution in [0.3, 0.4) is 0 Å². The largest absolute Gasteiger partial charge is 0.454 e. The molecule has 5 heteroatoms. The van der Waals surface area contributed by atoms with Crippen molar-refractivity contribution in [3.05, 3.63) is 218 Å². The molecule has 0 aliphatic heterocycles. The molecule has 12 rings (SSSR count). The highest BCUT2D eigenvalue weighted by Crippen LogP contribution is 2.43. The number of hydrogen-bond acceptors (Lipinski definition) is 4. The lowest BCUT2D eigenvalue weighted by Crippen LogP contribution is -2.01. The van der Waals surface area contributed by atoms with Crippen LogP contribution in [0.25, 0.3) is 117 Å². The molecular formula is C57H36N4O. The Bertz CT molecular complexity index is 3560. The average molecular weight is 793 g/mol. The smallest absolute Gasteiger partial charge is 0.164 e. The van der Waals surface area contributed by atoms with Gasteiger partial charge in [0.15, 0.2) is 23.1 Å². The van der Waals surface area contributed by atoms with E-state index >= 15 is 0 Å². The molecule has 5 nitrogen and oxygen atoms in total. The summed E-state index contributed by atoms with van der Waals surface area (Å²) < 4.78 is 9.34. The van der Waals surface area contributed by atoms with E-state index in [1.54, 1.807) is 0 Å². The molecule has 0 spiro atoms. The lowest BCUT2D eigenvalue weighted by atomic mass is 9.90. The first-order valence-corrected chi connectivity index (χ1v) is 20.9. The molecule has 0 N–H and O–H groups in total. The van der Waals surface area contributed by atoms with E-state index in [1.807, 2.05) is 60.7 Å². The van der Waals surface area contributed by atoms with Gasteiger partial charge in [0.25, 0.3) is 0 Å². The predicted molar refractivity (Wildman–Crippen MR) is 254 cm³/mol. The van der Waals surface area contributed by atoms with Crippen molar-refractivity contribution in [2.75, 3.05) is 0 Å². The maximum atomic E-state index is 7.01. The zero-order valence-electron chi connectivity index (χ0n) is 33.5. The first-order chi connectivity index (χ1) is 30.7. The fourth-order valence-electron chi connectivity index (χ4n) is 8.98. The Balaban J connectivity index is 1.10. The van der Waals surface area contributed by atoms with Gasteiger partial charge < -0.3 is 8.98 Å². The summed E-state index contributed by atoms with van der Waals surface area (Å²) in [6, 6.07) is 76.2. The minimum Gasteiger partial charge on any atom is -0.454 e. The van der Waals surface area contributed by atoms with E-state index in [-0.39, 0.29) is 0 Å². The molecule has 0 unspecified atom stereocenters. The minimum atomic E-state index is 0.588. The SMILES string of the molecule is c1ccc(-c2nc(-c3ccccc3)nc(-c3cc(-c4ccccc4-c4ccccc4)ccc3-c3ccc4c(c3)oc3c4ccc4c5ccccc5n(-c5ccccc5)c43)n2)cc1.